The molecule has 0 unspecified atom stereocenters. The fourth-order valence-corrected chi connectivity index (χ4v) is 2.83. The van der Waals surface area contributed by atoms with E-state index in [1.165, 1.54) is 0 Å². The van der Waals surface area contributed by atoms with E-state index in [2.05, 4.69) is 32.1 Å². The number of carbonyl (C=O) groups is 1. The van der Waals surface area contributed by atoms with Gasteiger partial charge in [-0.2, -0.15) is 0 Å². The standard InChI is InChI=1S/C19H16BrN3O2S/c20-15-8-6-14-11-17(9-7-13(14)10-15)25-12-18(24)22-23-19(26)21-16-4-2-1-3-5-16/h1-11H,12H2,(H,22,24)(H2,21,23,26). The van der Waals surface area contributed by atoms with Crippen molar-refractivity contribution in [3.8, 4) is 5.75 Å². The van der Waals surface area contributed by atoms with Gasteiger partial charge in [0, 0.05) is 10.2 Å². The molecule has 3 N–H and O–H groups in total. The highest BCUT2D eigenvalue weighted by atomic mass is 79.9. The first kappa shape index (κ1) is 18.2. The van der Waals surface area contributed by atoms with Crippen LogP contribution in [0.15, 0.2) is 71.2 Å². The Morgan fingerprint density at radius 1 is 0.962 bits per heavy atom. The molecule has 0 heterocycles. The van der Waals surface area contributed by atoms with Crippen LogP contribution in [0.3, 0.4) is 0 Å². The molecule has 7 heteroatoms. The number of benzene rings is 3. The van der Waals surface area contributed by atoms with Crippen LogP contribution in [-0.2, 0) is 4.79 Å². The smallest absolute Gasteiger partial charge is 0.276 e. The van der Waals surface area contributed by atoms with Crippen molar-refractivity contribution < 1.29 is 9.53 Å². The fraction of sp³-hybridized carbons (Fsp3) is 0.0526. The highest BCUT2D eigenvalue weighted by Gasteiger charge is 2.05. The Bertz CT molecular complexity index is 934. The molecule has 0 aromatic heterocycles. The van der Waals surface area contributed by atoms with Gasteiger partial charge in [-0.05, 0) is 59.4 Å². The van der Waals surface area contributed by atoms with E-state index < -0.39 is 0 Å². The molecule has 3 aromatic carbocycles. The zero-order chi connectivity index (χ0) is 18.4. The molecule has 5 nitrogen and oxygen atoms in total. The number of rotatable bonds is 4. The number of anilines is 1. The minimum atomic E-state index is -0.335. The summed E-state index contributed by atoms with van der Waals surface area (Å²) >= 11 is 8.56. The monoisotopic (exact) mass is 429 g/mol. The summed E-state index contributed by atoms with van der Waals surface area (Å²) in [5.41, 5.74) is 5.96. The Morgan fingerprint density at radius 3 is 2.50 bits per heavy atom. The van der Waals surface area contributed by atoms with E-state index in [0.29, 0.717) is 10.9 Å². The summed E-state index contributed by atoms with van der Waals surface area (Å²) in [5.74, 6) is 0.290. The van der Waals surface area contributed by atoms with Gasteiger partial charge in [0.2, 0.25) is 0 Å². The first-order valence-corrected chi connectivity index (χ1v) is 9.03. The molecule has 0 atom stereocenters. The molecule has 0 aliphatic heterocycles. The lowest BCUT2D eigenvalue weighted by atomic mass is 10.1. The summed E-state index contributed by atoms with van der Waals surface area (Å²) in [6.07, 6.45) is 0. The average molecular weight is 430 g/mol. The normalized spacial score (nSPS) is 10.2. The van der Waals surface area contributed by atoms with E-state index in [0.717, 1.165) is 20.9 Å². The van der Waals surface area contributed by atoms with Gasteiger partial charge in [-0.1, -0.05) is 46.3 Å². The Kier molecular flexibility index (Phi) is 6.04. The van der Waals surface area contributed by atoms with Crippen LogP contribution in [-0.4, -0.2) is 17.6 Å². The lowest BCUT2D eigenvalue weighted by Crippen LogP contribution is -2.45. The Hall–Kier alpha value is -2.64. The Morgan fingerprint density at radius 2 is 1.69 bits per heavy atom. The van der Waals surface area contributed by atoms with Crippen LogP contribution in [0.5, 0.6) is 5.75 Å². The molecule has 0 aliphatic carbocycles. The van der Waals surface area contributed by atoms with Gasteiger partial charge in [0.1, 0.15) is 5.75 Å². The van der Waals surface area contributed by atoms with Crippen molar-refractivity contribution in [1.82, 2.24) is 10.9 Å². The number of fused-ring (bicyclic) bond motifs is 1. The van der Waals surface area contributed by atoms with E-state index in [4.69, 9.17) is 17.0 Å². The minimum Gasteiger partial charge on any atom is -0.484 e. The molecule has 0 spiro atoms. The number of hydrogen-bond donors (Lipinski definition) is 3. The summed E-state index contributed by atoms with van der Waals surface area (Å²) < 4.78 is 6.55. The predicted molar refractivity (Wildman–Crippen MR) is 111 cm³/mol. The van der Waals surface area contributed by atoms with Crippen LogP contribution >= 0.6 is 28.1 Å². The van der Waals surface area contributed by atoms with Gasteiger partial charge in [-0.25, -0.2) is 0 Å². The van der Waals surface area contributed by atoms with Crippen LogP contribution in [0.25, 0.3) is 10.8 Å². The molecular weight excluding hydrogens is 414 g/mol. The van der Waals surface area contributed by atoms with Crippen LogP contribution < -0.4 is 20.9 Å². The average Bonchev–Trinajstić information content (AvgIpc) is 2.65. The summed E-state index contributed by atoms with van der Waals surface area (Å²) in [7, 11) is 0. The minimum absolute atomic E-state index is 0.122. The van der Waals surface area contributed by atoms with E-state index in [1.54, 1.807) is 0 Å². The third-order valence-electron chi connectivity index (χ3n) is 3.49. The topological polar surface area (TPSA) is 62.4 Å². The van der Waals surface area contributed by atoms with Gasteiger partial charge in [-0.3, -0.25) is 15.6 Å². The number of thiocarbonyl (C=S) groups is 1. The van der Waals surface area contributed by atoms with Crippen molar-refractivity contribution in [2.75, 3.05) is 11.9 Å². The molecule has 0 fully saturated rings. The van der Waals surface area contributed by atoms with Gasteiger partial charge in [0.25, 0.3) is 5.91 Å². The number of nitrogens with one attached hydrogen (secondary N) is 3. The van der Waals surface area contributed by atoms with Gasteiger partial charge in [0.15, 0.2) is 11.7 Å². The number of hydrazine groups is 1. The molecule has 3 rings (SSSR count). The number of para-hydroxylation sites is 1. The number of halogens is 1. The molecular formula is C19H16BrN3O2S. The molecule has 0 bridgehead atoms. The van der Waals surface area contributed by atoms with Crippen molar-refractivity contribution in [2.45, 2.75) is 0 Å². The zero-order valence-electron chi connectivity index (χ0n) is 13.7. The lowest BCUT2D eigenvalue weighted by molar-refractivity contribution is -0.123. The quantitative estimate of drug-likeness (QED) is 0.432. The van der Waals surface area contributed by atoms with E-state index in [1.807, 2.05) is 66.7 Å². The molecule has 1 amide bonds. The number of hydrogen-bond acceptors (Lipinski definition) is 3. The van der Waals surface area contributed by atoms with Crippen molar-refractivity contribution in [1.29, 1.82) is 0 Å². The van der Waals surface area contributed by atoms with Crippen LogP contribution in [0.4, 0.5) is 5.69 Å². The maximum atomic E-state index is 11.9. The molecule has 0 aliphatic rings. The molecule has 132 valence electrons. The molecule has 0 radical (unpaired) electrons. The van der Waals surface area contributed by atoms with Crippen molar-refractivity contribution in [3.05, 3.63) is 71.2 Å². The number of ether oxygens (including phenoxy) is 1. The second kappa shape index (κ2) is 8.64. The first-order valence-electron chi connectivity index (χ1n) is 7.83. The number of amides is 1. The second-order valence-electron chi connectivity index (χ2n) is 5.44. The zero-order valence-corrected chi connectivity index (χ0v) is 16.1. The Balaban J connectivity index is 1.46. The van der Waals surface area contributed by atoms with Crippen molar-refractivity contribution in [2.24, 2.45) is 0 Å². The SMILES string of the molecule is O=C(COc1ccc2cc(Br)ccc2c1)NNC(=S)Nc1ccccc1. The largest absolute Gasteiger partial charge is 0.484 e. The van der Waals surface area contributed by atoms with E-state index >= 15 is 0 Å². The summed E-state index contributed by atoms with van der Waals surface area (Å²) in [6.45, 7) is -0.122. The van der Waals surface area contributed by atoms with Crippen LogP contribution in [0.2, 0.25) is 0 Å². The summed E-state index contributed by atoms with van der Waals surface area (Å²) in [5, 5.41) is 5.38. The molecule has 26 heavy (non-hydrogen) atoms. The highest BCUT2D eigenvalue weighted by molar-refractivity contribution is 9.10. The third-order valence-corrected chi connectivity index (χ3v) is 4.19. The van der Waals surface area contributed by atoms with E-state index in [-0.39, 0.29) is 12.5 Å². The second-order valence-corrected chi connectivity index (χ2v) is 6.76. The highest BCUT2D eigenvalue weighted by Crippen LogP contribution is 2.24. The maximum absolute atomic E-state index is 11.9. The van der Waals surface area contributed by atoms with Crippen molar-refractivity contribution in [3.63, 3.8) is 0 Å². The first-order chi connectivity index (χ1) is 12.6. The lowest BCUT2D eigenvalue weighted by Gasteiger charge is -2.12. The summed E-state index contributed by atoms with van der Waals surface area (Å²) in [4.78, 5) is 11.9. The Labute approximate surface area is 164 Å². The van der Waals surface area contributed by atoms with Gasteiger partial charge < -0.3 is 10.1 Å². The van der Waals surface area contributed by atoms with Gasteiger partial charge >= 0.3 is 0 Å². The van der Waals surface area contributed by atoms with Gasteiger partial charge in [0.05, 0.1) is 0 Å². The molecule has 0 saturated heterocycles. The summed E-state index contributed by atoms with van der Waals surface area (Å²) in [6, 6.07) is 21.1. The fourth-order valence-electron chi connectivity index (χ4n) is 2.28. The third kappa shape index (κ3) is 5.18. The maximum Gasteiger partial charge on any atom is 0.276 e. The molecule has 0 saturated carbocycles. The van der Waals surface area contributed by atoms with Gasteiger partial charge in [-0.15, -0.1) is 0 Å². The predicted octanol–water partition coefficient (Wildman–Crippen LogP) is 4.00. The van der Waals surface area contributed by atoms with Crippen LogP contribution in [0.1, 0.15) is 0 Å². The van der Waals surface area contributed by atoms with Crippen LogP contribution in [0, 0.1) is 0 Å². The van der Waals surface area contributed by atoms with E-state index in [9.17, 15) is 4.79 Å². The number of carbonyl (C=O) groups excluding carboxylic acids is 1. The molecule has 3 aromatic rings. The van der Waals surface area contributed by atoms with Crippen molar-refractivity contribution >= 4 is 55.6 Å².